The number of para-hydroxylation sites is 1. The van der Waals surface area contributed by atoms with Crippen molar-refractivity contribution in [1.82, 2.24) is 18.9 Å². The molecule has 0 aliphatic rings. The second kappa shape index (κ2) is 9.73. The van der Waals surface area contributed by atoms with Gasteiger partial charge >= 0.3 is 0 Å². The number of benzene rings is 2. The van der Waals surface area contributed by atoms with E-state index in [2.05, 4.69) is 28.5 Å². The normalized spacial score (nSPS) is 12.0. The summed E-state index contributed by atoms with van der Waals surface area (Å²) in [6, 6.07) is 14.4. The monoisotopic (exact) mass is 497 g/mol. The third-order valence-electron chi connectivity index (χ3n) is 5.70. The van der Waals surface area contributed by atoms with E-state index in [9.17, 15) is 13.2 Å². The highest BCUT2D eigenvalue weighted by molar-refractivity contribution is 7.99. The number of fused-ring (bicyclic) bond motifs is 3. The molecule has 4 rings (SSSR count). The predicted molar refractivity (Wildman–Crippen MR) is 136 cm³/mol. The summed E-state index contributed by atoms with van der Waals surface area (Å²) in [5.74, 6) is -0.0732. The lowest BCUT2D eigenvalue weighted by molar-refractivity contribution is -0.113. The zero-order valence-electron chi connectivity index (χ0n) is 19.6. The summed E-state index contributed by atoms with van der Waals surface area (Å²) in [6.45, 7) is 8.51. The van der Waals surface area contributed by atoms with Crippen LogP contribution < -0.4 is 5.32 Å². The summed E-state index contributed by atoms with van der Waals surface area (Å²) < 4.78 is 28.6. The van der Waals surface area contributed by atoms with Gasteiger partial charge in [0.15, 0.2) is 10.8 Å². The molecule has 0 bridgehead atoms. The molecule has 1 N–H and O–H groups in total. The number of anilines is 1. The van der Waals surface area contributed by atoms with E-state index in [0.29, 0.717) is 23.9 Å². The lowest BCUT2D eigenvalue weighted by atomic mass is 10.1. The summed E-state index contributed by atoms with van der Waals surface area (Å²) in [5, 5.41) is 13.2. The minimum atomic E-state index is -3.53. The molecule has 0 atom stereocenters. The molecule has 2 aromatic heterocycles. The summed E-state index contributed by atoms with van der Waals surface area (Å²) >= 11 is 1.31. The number of nitrogens with zero attached hydrogens (tertiary/aromatic N) is 4. The summed E-state index contributed by atoms with van der Waals surface area (Å²) in [7, 11) is -3.53. The van der Waals surface area contributed by atoms with Gasteiger partial charge in [-0.25, -0.2) is 8.42 Å². The minimum absolute atomic E-state index is 0.140. The van der Waals surface area contributed by atoms with Crippen molar-refractivity contribution in [3.8, 4) is 0 Å². The van der Waals surface area contributed by atoms with Crippen LogP contribution in [0.1, 0.15) is 25.0 Å². The first-order chi connectivity index (χ1) is 16.3. The Hall–Kier alpha value is -2.95. The Labute approximate surface area is 203 Å². The lowest BCUT2D eigenvalue weighted by Crippen LogP contribution is -2.30. The second-order valence-electron chi connectivity index (χ2n) is 7.93. The Morgan fingerprint density at radius 3 is 2.41 bits per heavy atom. The molecular weight excluding hydrogens is 470 g/mol. The van der Waals surface area contributed by atoms with Crippen LogP contribution in [0.4, 0.5) is 5.69 Å². The van der Waals surface area contributed by atoms with E-state index in [1.54, 1.807) is 26.0 Å². The van der Waals surface area contributed by atoms with Crippen molar-refractivity contribution >= 4 is 49.9 Å². The summed E-state index contributed by atoms with van der Waals surface area (Å²) in [6.07, 6.45) is 0. The van der Waals surface area contributed by atoms with Gasteiger partial charge < -0.3 is 5.32 Å². The number of pyridine rings is 1. The van der Waals surface area contributed by atoms with Crippen LogP contribution in [0, 0.1) is 13.8 Å². The van der Waals surface area contributed by atoms with Gasteiger partial charge in [-0.15, -0.1) is 10.2 Å². The fourth-order valence-corrected chi connectivity index (χ4v) is 6.18. The van der Waals surface area contributed by atoms with Gasteiger partial charge in [-0.3, -0.25) is 9.20 Å². The molecule has 1 amide bonds. The molecule has 0 saturated carbocycles. The number of amides is 1. The molecule has 34 heavy (non-hydrogen) atoms. The lowest BCUT2D eigenvalue weighted by Gasteiger charge is -2.18. The van der Waals surface area contributed by atoms with Gasteiger partial charge in [0.2, 0.25) is 15.9 Å². The van der Waals surface area contributed by atoms with Gasteiger partial charge in [0.1, 0.15) is 0 Å². The van der Waals surface area contributed by atoms with E-state index < -0.39 is 10.0 Å². The maximum absolute atomic E-state index is 12.6. The smallest absolute Gasteiger partial charge is 0.243 e. The topological polar surface area (TPSA) is 96.7 Å². The number of carbonyl (C=O) groups is 1. The molecule has 0 spiro atoms. The largest absolute Gasteiger partial charge is 0.325 e. The highest BCUT2D eigenvalue weighted by Crippen LogP contribution is 2.28. The van der Waals surface area contributed by atoms with Crippen molar-refractivity contribution in [1.29, 1.82) is 0 Å². The highest BCUT2D eigenvalue weighted by Gasteiger charge is 2.21. The van der Waals surface area contributed by atoms with Crippen LogP contribution in [0.5, 0.6) is 0 Å². The van der Waals surface area contributed by atoms with E-state index in [-0.39, 0.29) is 16.6 Å². The van der Waals surface area contributed by atoms with Gasteiger partial charge in [0, 0.05) is 24.2 Å². The number of hydrogen-bond acceptors (Lipinski definition) is 6. The van der Waals surface area contributed by atoms with Crippen molar-refractivity contribution in [2.24, 2.45) is 0 Å². The molecule has 178 valence electrons. The Morgan fingerprint density at radius 1 is 1.03 bits per heavy atom. The third-order valence-corrected chi connectivity index (χ3v) is 8.70. The zero-order chi connectivity index (χ0) is 24.5. The first-order valence-electron chi connectivity index (χ1n) is 11.0. The second-order valence-corrected chi connectivity index (χ2v) is 10.8. The Morgan fingerprint density at radius 2 is 1.74 bits per heavy atom. The van der Waals surface area contributed by atoms with Crippen LogP contribution in [0.3, 0.4) is 0 Å². The molecule has 2 heterocycles. The minimum Gasteiger partial charge on any atom is -0.325 e. The van der Waals surface area contributed by atoms with Crippen LogP contribution in [0.25, 0.3) is 16.6 Å². The average Bonchev–Trinajstić information content (AvgIpc) is 3.21. The van der Waals surface area contributed by atoms with Gasteiger partial charge in [0.25, 0.3) is 0 Å². The number of rotatable bonds is 8. The van der Waals surface area contributed by atoms with Crippen LogP contribution in [0.15, 0.2) is 58.6 Å². The molecule has 0 aliphatic carbocycles. The fourth-order valence-electron chi connectivity index (χ4n) is 3.97. The van der Waals surface area contributed by atoms with Gasteiger partial charge in [-0.1, -0.05) is 43.8 Å². The van der Waals surface area contributed by atoms with E-state index in [1.807, 2.05) is 29.5 Å². The van der Waals surface area contributed by atoms with Crippen LogP contribution >= 0.6 is 11.8 Å². The quantitative estimate of drug-likeness (QED) is 0.366. The van der Waals surface area contributed by atoms with Crippen molar-refractivity contribution in [3.05, 3.63) is 59.7 Å². The van der Waals surface area contributed by atoms with Crippen molar-refractivity contribution in [3.63, 3.8) is 0 Å². The van der Waals surface area contributed by atoms with Crippen molar-refractivity contribution in [2.45, 2.75) is 37.7 Å². The molecule has 0 saturated heterocycles. The number of sulfonamides is 1. The Kier molecular flexibility index (Phi) is 6.92. The number of aromatic nitrogens is 3. The van der Waals surface area contributed by atoms with Crippen LogP contribution in [-0.4, -0.2) is 52.1 Å². The Balaban J connectivity index is 1.49. The molecule has 0 unspecified atom stereocenters. The van der Waals surface area contributed by atoms with Gasteiger partial charge in [0.05, 0.1) is 16.2 Å². The third kappa shape index (κ3) is 4.53. The van der Waals surface area contributed by atoms with Crippen LogP contribution in [0.2, 0.25) is 0 Å². The Bertz CT molecular complexity index is 1460. The van der Waals surface area contributed by atoms with Gasteiger partial charge in [-0.2, -0.15) is 4.31 Å². The molecule has 0 radical (unpaired) electrons. The molecule has 2 aromatic carbocycles. The van der Waals surface area contributed by atoms with Gasteiger partial charge in [-0.05, 0) is 55.3 Å². The summed E-state index contributed by atoms with van der Waals surface area (Å²) in [5.41, 5.74) is 4.55. The van der Waals surface area contributed by atoms with E-state index in [1.165, 1.54) is 28.2 Å². The maximum atomic E-state index is 12.6. The fraction of sp³-hybridized carbons (Fsp3) is 0.292. The standard InChI is InChI=1S/C24H27N5O3S2/c1-5-28(6-2)34(31,32)19-12-10-18(11-13-19)25-22(30)15-33-24-27-26-21-14-17(4)20-9-7-8-16(3)23(20)29(21)24/h7-14H,5-6,15H2,1-4H3,(H,25,30). The molecule has 0 aliphatic heterocycles. The van der Waals surface area contributed by atoms with E-state index in [0.717, 1.165) is 27.7 Å². The first-order valence-corrected chi connectivity index (χ1v) is 13.5. The zero-order valence-corrected chi connectivity index (χ0v) is 21.2. The van der Waals surface area contributed by atoms with Crippen molar-refractivity contribution < 1.29 is 13.2 Å². The van der Waals surface area contributed by atoms with Crippen LogP contribution in [-0.2, 0) is 14.8 Å². The SMILES string of the molecule is CCN(CC)S(=O)(=O)c1ccc(NC(=O)CSc2nnc3cc(C)c4cccc(C)c4n23)cc1. The molecule has 10 heteroatoms. The molecular formula is C24H27N5O3S2. The highest BCUT2D eigenvalue weighted by atomic mass is 32.2. The van der Waals surface area contributed by atoms with E-state index in [4.69, 9.17) is 0 Å². The number of thioether (sulfide) groups is 1. The average molecular weight is 498 g/mol. The maximum Gasteiger partial charge on any atom is 0.243 e. The molecule has 4 aromatic rings. The van der Waals surface area contributed by atoms with Crippen molar-refractivity contribution in [2.75, 3.05) is 24.2 Å². The number of nitrogens with one attached hydrogen (secondary N) is 1. The number of carbonyl (C=O) groups excluding carboxylic acids is 1. The molecule has 0 fully saturated rings. The summed E-state index contributed by atoms with van der Waals surface area (Å²) in [4.78, 5) is 12.8. The number of hydrogen-bond donors (Lipinski definition) is 1. The predicted octanol–water partition coefficient (Wildman–Crippen LogP) is 4.26. The van der Waals surface area contributed by atoms with E-state index >= 15 is 0 Å². The molecule has 8 nitrogen and oxygen atoms in total. The number of aryl methyl sites for hydroxylation is 2. The first kappa shape index (κ1) is 24.2.